The number of carbonyl (C=O) groups excluding carboxylic acids is 1. The van der Waals surface area contributed by atoms with Gasteiger partial charge in [0.15, 0.2) is 5.96 Å². The molecule has 0 aliphatic rings. The summed E-state index contributed by atoms with van der Waals surface area (Å²) >= 11 is 0. The first-order chi connectivity index (χ1) is 10.0. The highest BCUT2D eigenvalue weighted by Crippen LogP contribution is 2.03. The zero-order chi connectivity index (χ0) is 16.1. The van der Waals surface area contributed by atoms with Crippen LogP contribution in [0.5, 0.6) is 0 Å². The van der Waals surface area contributed by atoms with Crippen molar-refractivity contribution in [2.45, 2.75) is 38.1 Å². The van der Waals surface area contributed by atoms with E-state index in [4.69, 9.17) is 28.3 Å². The number of amides is 1. The molecule has 21 heavy (non-hydrogen) atoms. The van der Waals surface area contributed by atoms with Crippen LogP contribution in [-0.4, -0.2) is 55.5 Å². The van der Waals surface area contributed by atoms with Crippen LogP contribution in [0.4, 0.5) is 0 Å². The van der Waals surface area contributed by atoms with E-state index in [1.165, 1.54) is 0 Å². The van der Waals surface area contributed by atoms with Gasteiger partial charge in [0.1, 0.15) is 0 Å². The highest BCUT2D eigenvalue weighted by molar-refractivity contribution is 5.81. The van der Waals surface area contributed by atoms with E-state index in [1.54, 1.807) is 4.90 Å². The molecule has 0 radical (unpaired) electrons. The molecule has 0 saturated heterocycles. The Morgan fingerprint density at radius 3 is 2.29 bits per heavy atom. The Morgan fingerprint density at radius 1 is 1.10 bits per heavy atom. The summed E-state index contributed by atoms with van der Waals surface area (Å²) in [6, 6.07) is -0.519. The maximum atomic E-state index is 12.3. The van der Waals surface area contributed by atoms with Crippen molar-refractivity contribution in [3.05, 3.63) is 0 Å². The van der Waals surface area contributed by atoms with Crippen molar-refractivity contribution >= 4 is 11.9 Å². The molecule has 1 atom stereocenters. The summed E-state index contributed by atoms with van der Waals surface area (Å²) in [5.74, 6) is -0.107. The third-order valence-corrected chi connectivity index (χ3v) is 3.15. The minimum absolute atomic E-state index is 0.0386. The average Bonchev–Trinajstić information content (AvgIpc) is 2.46. The van der Waals surface area contributed by atoms with E-state index in [0.29, 0.717) is 45.6 Å². The van der Waals surface area contributed by atoms with Crippen molar-refractivity contribution in [2.75, 3.05) is 32.7 Å². The van der Waals surface area contributed by atoms with Crippen molar-refractivity contribution in [3.8, 4) is 0 Å². The molecule has 0 aromatic rings. The average molecular weight is 301 g/mol. The van der Waals surface area contributed by atoms with Gasteiger partial charge >= 0.3 is 0 Å². The summed E-state index contributed by atoms with van der Waals surface area (Å²) in [7, 11) is 0. The number of rotatable bonds is 12. The van der Waals surface area contributed by atoms with Crippen molar-refractivity contribution < 1.29 is 4.79 Å². The van der Waals surface area contributed by atoms with Crippen LogP contribution in [-0.2, 0) is 4.79 Å². The first-order valence-corrected chi connectivity index (χ1v) is 7.55. The summed E-state index contributed by atoms with van der Waals surface area (Å²) in [5, 5.41) is 9.74. The number of carbonyl (C=O) groups is 1. The molecule has 0 aliphatic carbocycles. The van der Waals surface area contributed by atoms with E-state index in [0.717, 1.165) is 19.3 Å². The number of hydrogen-bond acceptors (Lipinski definition) is 5. The molecule has 0 aliphatic heterocycles. The molecule has 1 amide bonds. The van der Waals surface area contributed by atoms with E-state index in [9.17, 15) is 4.79 Å². The maximum Gasteiger partial charge on any atom is 0.239 e. The van der Waals surface area contributed by atoms with Gasteiger partial charge in [-0.1, -0.05) is 0 Å². The number of nitrogens with two attached hydrogens (primary N) is 4. The molecular formula is C13H31N7O. The molecular weight excluding hydrogens is 270 g/mol. The number of hydrogen-bond donors (Lipinski definition) is 6. The minimum Gasteiger partial charge on any atom is -0.370 e. The van der Waals surface area contributed by atoms with E-state index in [1.807, 2.05) is 0 Å². The van der Waals surface area contributed by atoms with Crippen molar-refractivity contribution in [1.29, 1.82) is 5.41 Å². The molecule has 0 heterocycles. The fraction of sp³-hybridized carbons (Fsp3) is 0.846. The van der Waals surface area contributed by atoms with Crippen LogP contribution in [0.3, 0.4) is 0 Å². The third-order valence-electron chi connectivity index (χ3n) is 3.15. The summed E-state index contributed by atoms with van der Waals surface area (Å²) in [6.07, 6.45) is 3.80. The predicted molar refractivity (Wildman–Crippen MR) is 85.7 cm³/mol. The van der Waals surface area contributed by atoms with Crippen LogP contribution in [0.2, 0.25) is 0 Å². The number of guanidine groups is 1. The Balaban J connectivity index is 4.17. The van der Waals surface area contributed by atoms with Gasteiger partial charge in [-0.15, -0.1) is 0 Å². The van der Waals surface area contributed by atoms with Crippen molar-refractivity contribution in [3.63, 3.8) is 0 Å². The van der Waals surface area contributed by atoms with Gasteiger partial charge in [-0.25, -0.2) is 0 Å². The second kappa shape index (κ2) is 12.4. The summed E-state index contributed by atoms with van der Waals surface area (Å²) in [4.78, 5) is 14.1. The first-order valence-electron chi connectivity index (χ1n) is 7.55. The zero-order valence-electron chi connectivity index (χ0n) is 12.8. The van der Waals surface area contributed by atoms with Crippen LogP contribution in [0, 0.1) is 5.41 Å². The van der Waals surface area contributed by atoms with Crippen LogP contribution >= 0.6 is 0 Å². The monoisotopic (exact) mass is 301 g/mol. The lowest BCUT2D eigenvalue weighted by atomic mass is 10.1. The molecule has 0 aromatic heterocycles. The Kier molecular flexibility index (Phi) is 11.6. The standard InChI is InChI=1S/C13H31N7O/c14-6-1-2-9-20(10-4-7-15)12(21)11(16)5-3-8-19-13(17)18/h11H,1-10,14-16H2,(H4,17,18,19)/t11-/m0/s1. The van der Waals surface area contributed by atoms with E-state index in [2.05, 4.69) is 5.32 Å². The van der Waals surface area contributed by atoms with Gasteiger partial charge in [0.25, 0.3) is 0 Å². The minimum atomic E-state index is -0.519. The van der Waals surface area contributed by atoms with Gasteiger partial charge in [-0.2, -0.15) is 0 Å². The topological polar surface area (TPSA) is 160 Å². The van der Waals surface area contributed by atoms with Gasteiger partial charge in [0.2, 0.25) is 5.91 Å². The van der Waals surface area contributed by atoms with Gasteiger partial charge < -0.3 is 33.2 Å². The molecule has 10 N–H and O–H groups in total. The van der Waals surface area contributed by atoms with E-state index < -0.39 is 6.04 Å². The highest BCUT2D eigenvalue weighted by Gasteiger charge is 2.19. The second-order valence-electron chi connectivity index (χ2n) is 5.05. The largest absolute Gasteiger partial charge is 0.370 e. The quantitative estimate of drug-likeness (QED) is 0.146. The molecule has 8 heteroatoms. The van der Waals surface area contributed by atoms with Crippen LogP contribution in [0.15, 0.2) is 0 Å². The molecule has 0 unspecified atom stereocenters. The van der Waals surface area contributed by atoms with Crippen LogP contribution in [0.25, 0.3) is 0 Å². The van der Waals surface area contributed by atoms with Crippen molar-refractivity contribution in [1.82, 2.24) is 10.2 Å². The fourth-order valence-corrected chi connectivity index (χ4v) is 1.96. The van der Waals surface area contributed by atoms with E-state index >= 15 is 0 Å². The molecule has 124 valence electrons. The smallest absolute Gasteiger partial charge is 0.239 e. The Labute approximate surface area is 127 Å². The molecule has 8 nitrogen and oxygen atoms in total. The predicted octanol–water partition coefficient (Wildman–Crippen LogP) is -1.51. The lowest BCUT2D eigenvalue weighted by Gasteiger charge is -2.25. The lowest BCUT2D eigenvalue weighted by molar-refractivity contribution is -0.132. The Morgan fingerprint density at radius 2 is 1.71 bits per heavy atom. The lowest BCUT2D eigenvalue weighted by Crippen LogP contribution is -2.45. The van der Waals surface area contributed by atoms with Gasteiger partial charge in [0, 0.05) is 19.6 Å². The molecule has 0 aromatic carbocycles. The molecule has 0 rings (SSSR count). The fourth-order valence-electron chi connectivity index (χ4n) is 1.96. The van der Waals surface area contributed by atoms with Crippen LogP contribution in [0.1, 0.15) is 32.1 Å². The third kappa shape index (κ3) is 10.1. The summed E-state index contributed by atoms with van der Waals surface area (Å²) in [5.41, 5.74) is 22.1. The number of unbranched alkanes of at least 4 members (excludes halogenated alkanes) is 1. The summed E-state index contributed by atoms with van der Waals surface area (Å²) in [6.45, 7) is 3.04. The van der Waals surface area contributed by atoms with Gasteiger partial charge in [-0.05, 0) is 45.2 Å². The Bertz CT molecular complexity index is 298. The van der Waals surface area contributed by atoms with E-state index in [-0.39, 0.29) is 11.9 Å². The molecule has 0 fully saturated rings. The number of nitrogens with zero attached hydrogens (tertiary/aromatic N) is 1. The molecule has 0 spiro atoms. The van der Waals surface area contributed by atoms with Crippen molar-refractivity contribution in [2.24, 2.45) is 22.9 Å². The van der Waals surface area contributed by atoms with Gasteiger partial charge in [0.05, 0.1) is 6.04 Å². The maximum absolute atomic E-state index is 12.3. The number of nitrogens with one attached hydrogen (secondary N) is 2. The normalized spacial score (nSPS) is 12.0. The molecule has 0 bridgehead atoms. The first kappa shape index (κ1) is 19.6. The second-order valence-corrected chi connectivity index (χ2v) is 5.05. The van der Waals surface area contributed by atoms with Gasteiger partial charge in [-0.3, -0.25) is 10.2 Å². The summed E-state index contributed by atoms with van der Waals surface area (Å²) < 4.78 is 0. The Hall–Kier alpha value is -1.38. The van der Waals surface area contributed by atoms with Crippen LogP contribution < -0.4 is 28.3 Å². The molecule has 0 saturated carbocycles. The SMILES string of the molecule is N=C(N)NCCC[C@H](N)C(=O)N(CCCN)CCCCN. The highest BCUT2D eigenvalue weighted by atomic mass is 16.2. The zero-order valence-corrected chi connectivity index (χ0v) is 12.8.